The van der Waals surface area contributed by atoms with Gasteiger partial charge in [-0.05, 0) is 42.8 Å². The molecule has 22 heavy (non-hydrogen) atoms. The van der Waals surface area contributed by atoms with Crippen LogP contribution in [0.2, 0.25) is 0 Å². The van der Waals surface area contributed by atoms with Gasteiger partial charge in [-0.1, -0.05) is 36.3 Å². The van der Waals surface area contributed by atoms with Gasteiger partial charge in [-0.3, -0.25) is 0 Å². The largest absolute Gasteiger partial charge is 0.488 e. The number of rotatable bonds is 4. The Morgan fingerprint density at radius 2 is 1.86 bits per heavy atom. The molecule has 108 valence electrons. The smallest absolute Gasteiger partial charge is 0.128 e. The number of hydrogen-bond acceptors (Lipinski definition) is 2. The summed E-state index contributed by atoms with van der Waals surface area (Å²) in [7, 11) is 0. The molecule has 0 N–H and O–H groups in total. The van der Waals surface area contributed by atoms with E-state index in [1.54, 1.807) is 11.3 Å². The van der Waals surface area contributed by atoms with Gasteiger partial charge in [0.15, 0.2) is 0 Å². The summed E-state index contributed by atoms with van der Waals surface area (Å²) in [4.78, 5) is 2.45. The number of hydrogen-bond donors (Lipinski definition) is 0. The summed E-state index contributed by atoms with van der Waals surface area (Å²) in [5.74, 6) is 3.56. The highest BCUT2D eigenvalue weighted by molar-refractivity contribution is 7.15. The van der Waals surface area contributed by atoms with Gasteiger partial charge in [-0.2, -0.15) is 0 Å². The molecular weight excluding hydrogens is 288 g/mol. The normalized spacial score (nSPS) is 10.2. The summed E-state index contributed by atoms with van der Waals surface area (Å²) in [5.41, 5.74) is 3.08. The fourth-order valence-electron chi connectivity index (χ4n) is 2.25. The lowest BCUT2D eigenvalue weighted by Crippen LogP contribution is -1.96. The van der Waals surface area contributed by atoms with Crippen LogP contribution in [0.1, 0.15) is 16.0 Å². The minimum atomic E-state index is 0.549. The molecule has 0 saturated carbocycles. The third-order valence-electron chi connectivity index (χ3n) is 3.39. The number of terminal acetylenes is 1. The topological polar surface area (TPSA) is 9.23 Å². The summed E-state index contributed by atoms with van der Waals surface area (Å²) >= 11 is 1.75. The number of benzene rings is 2. The van der Waals surface area contributed by atoms with E-state index in [1.807, 2.05) is 36.4 Å². The summed E-state index contributed by atoms with van der Waals surface area (Å²) in [5, 5.41) is 0. The first-order chi connectivity index (χ1) is 10.8. The average molecular weight is 304 g/mol. The van der Waals surface area contributed by atoms with Crippen molar-refractivity contribution < 1.29 is 4.74 Å². The van der Waals surface area contributed by atoms with Gasteiger partial charge in [0.2, 0.25) is 0 Å². The number of thiophene rings is 1. The van der Waals surface area contributed by atoms with E-state index in [-0.39, 0.29) is 0 Å². The zero-order chi connectivity index (χ0) is 15.4. The molecule has 0 radical (unpaired) electrons. The van der Waals surface area contributed by atoms with Crippen LogP contribution in [0.4, 0.5) is 0 Å². The van der Waals surface area contributed by atoms with Crippen molar-refractivity contribution in [1.82, 2.24) is 0 Å². The molecule has 0 atom stereocenters. The van der Waals surface area contributed by atoms with Crippen LogP contribution in [-0.2, 0) is 6.61 Å². The lowest BCUT2D eigenvalue weighted by molar-refractivity contribution is 0.307. The monoisotopic (exact) mass is 304 g/mol. The fourth-order valence-corrected chi connectivity index (χ4v) is 3.14. The van der Waals surface area contributed by atoms with Gasteiger partial charge in [0.25, 0.3) is 0 Å². The molecule has 0 fully saturated rings. The SMILES string of the molecule is C#Cc1ccc(OCc2ccccc2)c(-c2ccc(C)s2)c1. The van der Waals surface area contributed by atoms with Crippen molar-refractivity contribution in [1.29, 1.82) is 0 Å². The molecule has 1 heterocycles. The summed E-state index contributed by atoms with van der Waals surface area (Å²) < 4.78 is 6.02. The lowest BCUT2D eigenvalue weighted by Gasteiger charge is -2.11. The predicted octanol–water partition coefficient (Wildman–Crippen LogP) is 5.28. The standard InChI is InChI=1S/C20H16OS/c1-3-16-10-11-19(21-14-17-7-5-4-6-8-17)18(13-16)20-12-9-15(2)22-20/h1,4-13H,14H2,2H3. The summed E-state index contributed by atoms with van der Waals surface area (Å²) in [6.45, 7) is 2.65. The zero-order valence-electron chi connectivity index (χ0n) is 12.4. The molecule has 0 aliphatic carbocycles. The van der Waals surface area contributed by atoms with Crippen LogP contribution < -0.4 is 4.74 Å². The van der Waals surface area contributed by atoms with E-state index in [1.165, 1.54) is 9.75 Å². The van der Waals surface area contributed by atoms with E-state index in [2.05, 4.69) is 37.1 Å². The van der Waals surface area contributed by atoms with Gasteiger partial charge >= 0.3 is 0 Å². The van der Waals surface area contributed by atoms with Gasteiger partial charge in [0, 0.05) is 20.9 Å². The van der Waals surface area contributed by atoms with Gasteiger partial charge in [0.05, 0.1) is 0 Å². The van der Waals surface area contributed by atoms with E-state index < -0.39 is 0 Å². The molecule has 1 aromatic heterocycles. The molecular formula is C20H16OS. The Kier molecular flexibility index (Phi) is 4.27. The van der Waals surface area contributed by atoms with E-state index in [0.717, 1.165) is 22.4 Å². The maximum Gasteiger partial charge on any atom is 0.128 e. The molecule has 3 rings (SSSR count). The van der Waals surface area contributed by atoms with E-state index in [4.69, 9.17) is 11.2 Å². The van der Waals surface area contributed by atoms with Crippen molar-refractivity contribution in [3.63, 3.8) is 0 Å². The summed E-state index contributed by atoms with van der Waals surface area (Å²) in [6, 6.07) is 20.3. The minimum absolute atomic E-state index is 0.549. The predicted molar refractivity (Wildman–Crippen MR) is 93.2 cm³/mol. The van der Waals surface area contributed by atoms with Crippen molar-refractivity contribution >= 4 is 11.3 Å². The molecule has 0 saturated heterocycles. The highest BCUT2D eigenvalue weighted by atomic mass is 32.1. The molecule has 2 aromatic carbocycles. The average Bonchev–Trinajstić information content (AvgIpc) is 3.00. The highest BCUT2D eigenvalue weighted by Crippen LogP contribution is 2.36. The third kappa shape index (κ3) is 3.21. The Labute approximate surface area is 135 Å². The fraction of sp³-hybridized carbons (Fsp3) is 0.100. The quantitative estimate of drug-likeness (QED) is 0.596. The van der Waals surface area contributed by atoms with Gasteiger partial charge < -0.3 is 4.74 Å². The first-order valence-electron chi connectivity index (χ1n) is 7.10. The Morgan fingerprint density at radius 1 is 1.05 bits per heavy atom. The van der Waals surface area contributed by atoms with E-state index in [0.29, 0.717) is 6.61 Å². The second kappa shape index (κ2) is 6.51. The summed E-state index contributed by atoms with van der Waals surface area (Å²) in [6.07, 6.45) is 5.53. The van der Waals surface area contributed by atoms with Crippen molar-refractivity contribution in [3.05, 3.63) is 76.7 Å². The van der Waals surface area contributed by atoms with Crippen LogP contribution in [0.3, 0.4) is 0 Å². The molecule has 3 aromatic rings. The Balaban J connectivity index is 1.92. The Bertz CT molecular complexity index is 809. The van der Waals surface area contributed by atoms with E-state index in [9.17, 15) is 0 Å². The second-order valence-corrected chi connectivity index (χ2v) is 6.33. The maximum absolute atomic E-state index is 6.02. The van der Waals surface area contributed by atoms with Crippen LogP contribution in [-0.4, -0.2) is 0 Å². The third-order valence-corrected chi connectivity index (χ3v) is 4.42. The molecule has 1 nitrogen and oxygen atoms in total. The van der Waals surface area contributed by atoms with E-state index >= 15 is 0 Å². The molecule has 0 aliphatic rings. The molecule has 0 aliphatic heterocycles. The number of ether oxygens (including phenoxy) is 1. The Morgan fingerprint density at radius 3 is 2.55 bits per heavy atom. The van der Waals surface area contributed by atoms with Crippen LogP contribution in [0.25, 0.3) is 10.4 Å². The first-order valence-corrected chi connectivity index (χ1v) is 7.92. The van der Waals surface area contributed by atoms with Gasteiger partial charge in [-0.25, -0.2) is 0 Å². The molecule has 0 amide bonds. The van der Waals surface area contributed by atoms with Gasteiger partial charge in [-0.15, -0.1) is 17.8 Å². The van der Waals surface area contributed by atoms with Crippen molar-refractivity contribution in [2.75, 3.05) is 0 Å². The lowest BCUT2D eigenvalue weighted by atomic mass is 10.1. The molecule has 2 heteroatoms. The van der Waals surface area contributed by atoms with Gasteiger partial charge in [0.1, 0.15) is 12.4 Å². The molecule has 0 bridgehead atoms. The first kappa shape index (κ1) is 14.4. The number of aryl methyl sites for hydroxylation is 1. The second-order valence-electron chi connectivity index (χ2n) is 5.04. The van der Waals surface area contributed by atoms with Crippen LogP contribution in [0, 0.1) is 19.3 Å². The van der Waals surface area contributed by atoms with Crippen molar-refractivity contribution in [2.45, 2.75) is 13.5 Å². The maximum atomic E-state index is 6.02. The van der Waals surface area contributed by atoms with Crippen molar-refractivity contribution in [2.24, 2.45) is 0 Å². The zero-order valence-corrected chi connectivity index (χ0v) is 13.2. The Hall–Kier alpha value is -2.50. The van der Waals surface area contributed by atoms with Crippen LogP contribution in [0.5, 0.6) is 5.75 Å². The minimum Gasteiger partial charge on any atom is -0.488 e. The molecule has 0 unspecified atom stereocenters. The highest BCUT2D eigenvalue weighted by Gasteiger charge is 2.10. The van der Waals surface area contributed by atoms with Crippen molar-refractivity contribution in [3.8, 4) is 28.5 Å². The van der Waals surface area contributed by atoms with Crippen LogP contribution >= 0.6 is 11.3 Å². The van der Waals surface area contributed by atoms with Crippen LogP contribution in [0.15, 0.2) is 60.7 Å². The molecule has 0 spiro atoms.